The second-order valence-electron chi connectivity index (χ2n) is 12.4. The lowest BCUT2D eigenvalue weighted by Gasteiger charge is -2.63. The summed E-state index contributed by atoms with van der Waals surface area (Å²) in [6, 6.07) is 2.03. The predicted octanol–water partition coefficient (Wildman–Crippen LogP) is 4.21. The van der Waals surface area contributed by atoms with E-state index in [0.717, 1.165) is 38.5 Å². The van der Waals surface area contributed by atoms with Crippen molar-refractivity contribution in [2.45, 2.75) is 95.3 Å². The fourth-order valence-electron chi connectivity index (χ4n) is 8.92. The first kappa shape index (κ1) is 24.8. The highest BCUT2D eigenvalue weighted by Gasteiger charge is 2.67. The highest BCUT2D eigenvalue weighted by atomic mass is 16.5. The number of nitrogens with two attached hydrogens (primary N) is 2. The molecule has 34 heavy (non-hydrogen) atoms. The van der Waals surface area contributed by atoms with Crippen LogP contribution in [0.1, 0.15) is 83.1 Å². The van der Waals surface area contributed by atoms with Gasteiger partial charge < -0.3 is 30.5 Å². The quantitative estimate of drug-likeness (QED) is 0.488. The van der Waals surface area contributed by atoms with Crippen LogP contribution in [0, 0.1) is 28.6 Å². The highest BCUT2D eigenvalue weighted by Crippen LogP contribution is 2.70. The SMILES string of the molecule is C[C@]12CC[C@H](OCCOCC(N)CN)C[C@H]1CC[C@@H]1[C@@H]2CC[C@]2(C)[C@@H](c3ccoc3)CC[C@]12O. The molecule has 0 spiro atoms. The molecule has 4 aliphatic rings. The lowest BCUT2D eigenvalue weighted by atomic mass is 9.43. The molecule has 9 atom stereocenters. The third-order valence-corrected chi connectivity index (χ3v) is 11.0. The largest absolute Gasteiger partial charge is 0.472 e. The average molecular weight is 475 g/mol. The summed E-state index contributed by atoms with van der Waals surface area (Å²) in [5.41, 5.74) is 12.3. The van der Waals surface area contributed by atoms with Gasteiger partial charge in [-0.1, -0.05) is 13.8 Å². The van der Waals surface area contributed by atoms with E-state index < -0.39 is 5.60 Å². The first-order chi connectivity index (χ1) is 16.3. The first-order valence-electron chi connectivity index (χ1n) is 13.7. The summed E-state index contributed by atoms with van der Waals surface area (Å²) >= 11 is 0. The van der Waals surface area contributed by atoms with E-state index in [1.165, 1.54) is 24.8 Å². The van der Waals surface area contributed by atoms with E-state index in [0.29, 0.717) is 61.6 Å². The number of hydrogen-bond donors (Lipinski definition) is 3. The minimum Gasteiger partial charge on any atom is -0.472 e. The Bertz CT molecular complexity index is 817. The van der Waals surface area contributed by atoms with Crippen molar-refractivity contribution in [2.24, 2.45) is 40.1 Å². The van der Waals surface area contributed by atoms with Crippen LogP contribution < -0.4 is 11.5 Å². The van der Waals surface area contributed by atoms with Crippen molar-refractivity contribution in [1.82, 2.24) is 0 Å². The summed E-state index contributed by atoms with van der Waals surface area (Å²) in [5, 5.41) is 12.3. The maximum Gasteiger partial charge on any atom is 0.0937 e. The van der Waals surface area contributed by atoms with Crippen molar-refractivity contribution in [3.63, 3.8) is 0 Å². The van der Waals surface area contributed by atoms with Gasteiger partial charge in [-0.3, -0.25) is 0 Å². The summed E-state index contributed by atoms with van der Waals surface area (Å²) in [7, 11) is 0. The van der Waals surface area contributed by atoms with Gasteiger partial charge in [0.15, 0.2) is 0 Å². The molecule has 5 N–H and O–H groups in total. The molecular formula is C28H46N2O4. The standard InChI is InChI=1S/C28H46N2O4/c1-26-9-5-22(34-14-13-33-18-21(30)16-29)15-20(26)3-4-25-24(26)6-10-27(2)23(7-11-28(25,27)31)19-8-12-32-17-19/h8,12,17,20-25,31H,3-7,9-11,13-16,18,29-30H2,1-2H3/t20-,21?,22+,23-,24+,25-,26+,27-,28+/m1/s1. The summed E-state index contributed by atoms with van der Waals surface area (Å²) in [6.45, 7) is 7.07. The molecule has 1 aromatic heterocycles. The van der Waals surface area contributed by atoms with E-state index in [1.54, 1.807) is 6.26 Å². The molecule has 192 valence electrons. The fourth-order valence-corrected chi connectivity index (χ4v) is 8.92. The Hall–Kier alpha value is -0.920. The summed E-state index contributed by atoms with van der Waals surface area (Å²) in [4.78, 5) is 0. The second kappa shape index (κ2) is 9.51. The van der Waals surface area contributed by atoms with E-state index in [2.05, 4.69) is 19.9 Å². The maximum atomic E-state index is 12.3. The lowest BCUT2D eigenvalue weighted by molar-refractivity contribution is -0.207. The van der Waals surface area contributed by atoms with Gasteiger partial charge in [0.25, 0.3) is 0 Å². The number of furan rings is 1. The third kappa shape index (κ3) is 3.98. The highest BCUT2D eigenvalue weighted by molar-refractivity contribution is 5.26. The van der Waals surface area contributed by atoms with Crippen molar-refractivity contribution in [1.29, 1.82) is 0 Å². The molecule has 1 unspecified atom stereocenters. The zero-order valence-corrected chi connectivity index (χ0v) is 21.2. The van der Waals surface area contributed by atoms with Gasteiger partial charge in [-0.15, -0.1) is 0 Å². The Labute approximate surface area is 205 Å². The first-order valence-corrected chi connectivity index (χ1v) is 13.7. The third-order valence-electron chi connectivity index (χ3n) is 11.0. The fraction of sp³-hybridized carbons (Fsp3) is 0.857. The molecule has 0 saturated heterocycles. The van der Waals surface area contributed by atoms with Crippen molar-refractivity contribution in [2.75, 3.05) is 26.4 Å². The van der Waals surface area contributed by atoms with E-state index in [-0.39, 0.29) is 11.5 Å². The van der Waals surface area contributed by atoms with E-state index in [1.807, 2.05) is 6.26 Å². The van der Waals surface area contributed by atoms with Crippen molar-refractivity contribution in [3.8, 4) is 0 Å². The van der Waals surface area contributed by atoms with Crippen molar-refractivity contribution in [3.05, 3.63) is 24.2 Å². The van der Waals surface area contributed by atoms with Gasteiger partial charge in [-0.25, -0.2) is 0 Å². The van der Waals surface area contributed by atoms with Gasteiger partial charge in [0, 0.05) is 18.0 Å². The van der Waals surface area contributed by atoms with Crippen molar-refractivity contribution < 1.29 is 19.0 Å². The maximum absolute atomic E-state index is 12.3. The normalized spacial score (nSPS) is 44.8. The van der Waals surface area contributed by atoms with Crippen LogP contribution in [0.25, 0.3) is 0 Å². The van der Waals surface area contributed by atoms with Gasteiger partial charge in [0.1, 0.15) is 0 Å². The Morgan fingerprint density at radius 1 is 1.09 bits per heavy atom. The molecule has 0 amide bonds. The minimum atomic E-state index is -0.555. The number of ether oxygens (including phenoxy) is 2. The Morgan fingerprint density at radius 3 is 2.71 bits per heavy atom. The summed E-state index contributed by atoms with van der Waals surface area (Å²) in [6.07, 6.45) is 14.2. The Kier molecular flexibility index (Phi) is 6.93. The average Bonchev–Trinajstić information content (AvgIpc) is 3.44. The molecule has 6 nitrogen and oxygen atoms in total. The molecule has 4 aliphatic carbocycles. The van der Waals surface area contributed by atoms with Crippen LogP contribution in [0.2, 0.25) is 0 Å². The van der Waals surface area contributed by atoms with Crippen LogP contribution in [0.15, 0.2) is 23.0 Å². The van der Waals surface area contributed by atoms with Crippen LogP contribution in [-0.4, -0.2) is 49.2 Å². The van der Waals surface area contributed by atoms with Gasteiger partial charge >= 0.3 is 0 Å². The van der Waals surface area contributed by atoms with E-state index in [4.69, 9.17) is 25.4 Å². The zero-order valence-electron chi connectivity index (χ0n) is 21.2. The number of fused-ring (bicyclic) bond motifs is 5. The molecule has 5 rings (SSSR count). The monoisotopic (exact) mass is 474 g/mol. The van der Waals surface area contributed by atoms with Gasteiger partial charge in [-0.2, -0.15) is 0 Å². The number of hydrogen-bond acceptors (Lipinski definition) is 6. The smallest absolute Gasteiger partial charge is 0.0937 e. The van der Waals surface area contributed by atoms with E-state index in [9.17, 15) is 5.11 Å². The molecule has 6 heteroatoms. The molecule has 4 saturated carbocycles. The van der Waals surface area contributed by atoms with Crippen LogP contribution in [0.4, 0.5) is 0 Å². The Morgan fingerprint density at radius 2 is 1.94 bits per heavy atom. The van der Waals surface area contributed by atoms with Crippen LogP contribution in [0.5, 0.6) is 0 Å². The van der Waals surface area contributed by atoms with Gasteiger partial charge in [-0.05, 0) is 98.5 Å². The number of aliphatic hydroxyl groups is 1. The molecule has 4 fully saturated rings. The molecule has 1 aromatic rings. The lowest BCUT2D eigenvalue weighted by Crippen LogP contribution is -2.62. The molecule has 0 aromatic carbocycles. The number of rotatable bonds is 8. The molecular weight excluding hydrogens is 428 g/mol. The molecule has 0 aliphatic heterocycles. The van der Waals surface area contributed by atoms with Crippen LogP contribution in [0.3, 0.4) is 0 Å². The molecule has 1 heterocycles. The zero-order chi connectivity index (χ0) is 24.0. The molecule has 0 bridgehead atoms. The van der Waals surface area contributed by atoms with Crippen LogP contribution in [-0.2, 0) is 9.47 Å². The molecule has 0 radical (unpaired) electrons. The van der Waals surface area contributed by atoms with Crippen LogP contribution >= 0.6 is 0 Å². The van der Waals surface area contributed by atoms with Gasteiger partial charge in [0.2, 0.25) is 0 Å². The van der Waals surface area contributed by atoms with E-state index >= 15 is 0 Å². The summed E-state index contributed by atoms with van der Waals surface area (Å²) < 4.78 is 17.3. The second-order valence-corrected chi connectivity index (χ2v) is 12.4. The van der Waals surface area contributed by atoms with Crippen molar-refractivity contribution >= 4 is 0 Å². The summed E-state index contributed by atoms with van der Waals surface area (Å²) in [5.74, 6) is 2.14. The minimum absolute atomic E-state index is 0.0476. The predicted molar refractivity (Wildman–Crippen MR) is 132 cm³/mol. The Balaban J connectivity index is 1.21. The topological polar surface area (TPSA) is 104 Å². The van der Waals surface area contributed by atoms with Gasteiger partial charge in [0.05, 0.1) is 44.1 Å².